The SMILES string of the molecule is Cc1ccc(C(C[N+](=O)[O-])c2c(N)nc(N)[nH]c2=O)cc1. The summed E-state index contributed by atoms with van der Waals surface area (Å²) >= 11 is 0. The van der Waals surface area contributed by atoms with Gasteiger partial charge >= 0.3 is 0 Å². The van der Waals surface area contributed by atoms with E-state index in [-0.39, 0.29) is 17.3 Å². The number of nitrogens with zero attached hydrogens (tertiary/aromatic N) is 2. The highest BCUT2D eigenvalue weighted by atomic mass is 16.6. The van der Waals surface area contributed by atoms with Crippen molar-refractivity contribution in [2.75, 3.05) is 18.0 Å². The fraction of sp³-hybridized carbons (Fsp3) is 0.231. The smallest absolute Gasteiger partial charge is 0.258 e. The van der Waals surface area contributed by atoms with Gasteiger partial charge in [0.2, 0.25) is 12.5 Å². The van der Waals surface area contributed by atoms with Crippen molar-refractivity contribution in [1.82, 2.24) is 9.97 Å². The van der Waals surface area contributed by atoms with E-state index < -0.39 is 22.9 Å². The van der Waals surface area contributed by atoms with Gasteiger partial charge in [0, 0.05) is 4.92 Å². The zero-order valence-corrected chi connectivity index (χ0v) is 11.4. The molecule has 5 N–H and O–H groups in total. The molecular weight excluding hydrogens is 274 g/mol. The molecule has 0 bridgehead atoms. The van der Waals surface area contributed by atoms with Crippen LogP contribution in [0.15, 0.2) is 29.1 Å². The Kier molecular flexibility index (Phi) is 3.88. The van der Waals surface area contributed by atoms with Crippen molar-refractivity contribution in [2.24, 2.45) is 0 Å². The first kappa shape index (κ1) is 14.5. The molecule has 8 nitrogen and oxygen atoms in total. The Morgan fingerprint density at radius 2 is 1.95 bits per heavy atom. The van der Waals surface area contributed by atoms with Gasteiger partial charge in [-0.05, 0) is 12.5 Å². The lowest BCUT2D eigenvalue weighted by atomic mass is 9.92. The van der Waals surface area contributed by atoms with Crippen molar-refractivity contribution in [3.8, 4) is 0 Å². The van der Waals surface area contributed by atoms with Crippen LogP contribution in [0.4, 0.5) is 11.8 Å². The molecule has 1 aromatic heterocycles. The first-order valence-corrected chi connectivity index (χ1v) is 6.22. The van der Waals surface area contributed by atoms with Gasteiger partial charge in [-0.3, -0.25) is 19.9 Å². The highest BCUT2D eigenvalue weighted by Crippen LogP contribution is 2.26. The molecule has 0 aliphatic carbocycles. The van der Waals surface area contributed by atoms with E-state index in [9.17, 15) is 14.9 Å². The molecule has 0 aliphatic rings. The maximum absolute atomic E-state index is 12.0. The van der Waals surface area contributed by atoms with Gasteiger partial charge in [-0.2, -0.15) is 4.98 Å². The predicted molar refractivity (Wildman–Crippen MR) is 78.6 cm³/mol. The van der Waals surface area contributed by atoms with Crippen LogP contribution in [0.25, 0.3) is 0 Å². The molecule has 0 fully saturated rings. The Balaban J connectivity index is 2.58. The summed E-state index contributed by atoms with van der Waals surface area (Å²) in [6, 6.07) is 7.10. The van der Waals surface area contributed by atoms with Gasteiger partial charge in [-0.15, -0.1) is 0 Å². The minimum Gasteiger partial charge on any atom is -0.383 e. The third-order valence-electron chi connectivity index (χ3n) is 3.16. The van der Waals surface area contributed by atoms with Gasteiger partial charge in [-0.1, -0.05) is 29.8 Å². The van der Waals surface area contributed by atoms with Crippen molar-refractivity contribution in [3.05, 3.63) is 61.4 Å². The van der Waals surface area contributed by atoms with Crippen LogP contribution in [-0.4, -0.2) is 21.4 Å². The topological polar surface area (TPSA) is 141 Å². The molecule has 1 atom stereocenters. The van der Waals surface area contributed by atoms with E-state index in [1.54, 1.807) is 12.1 Å². The summed E-state index contributed by atoms with van der Waals surface area (Å²) in [7, 11) is 0. The van der Waals surface area contributed by atoms with Crippen molar-refractivity contribution >= 4 is 11.8 Å². The second-order valence-corrected chi connectivity index (χ2v) is 4.73. The number of aromatic amines is 1. The van der Waals surface area contributed by atoms with Gasteiger partial charge in [0.05, 0.1) is 11.5 Å². The minimum absolute atomic E-state index is 0.0600. The van der Waals surface area contributed by atoms with Gasteiger partial charge in [0.15, 0.2) is 0 Å². The van der Waals surface area contributed by atoms with E-state index in [2.05, 4.69) is 9.97 Å². The summed E-state index contributed by atoms with van der Waals surface area (Å²) in [6.45, 7) is 1.44. The molecule has 0 radical (unpaired) electrons. The normalized spacial score (nSPS) is 12.0. The van der Waals surface area contributed by atoms with Crippen LogP contribution < -0.4 is 17.0 Å². The fourth-order valence-corrected chi connectivity index (χ4v) is 2.17. The molecule has 0 spiro atoms. The number of rotatable bonds is 4. The Morgan fingerprint density at radius 3 is 2.48 bits per heavy atom. The predicted octanol–water partition coefficient (Wildman–Crippen LogP) is 0.651. The Labute approximate surface area is 120 Å². The van der Waals surface area contributed by atoms with Gasteiger partial charge < -0.3 is 11.5 Å². The molecular formula is C13H15N5O3. The van der Waals surface area contributed by atoms with Crippen molar-refractivity contribution in [3.63, 3.8) is 0 Å². The van der Waals surface area contributed by atoms with Crippen LogP contribution in [0, 0.1) is 17.0 Å². The van der Waals surface area contributed by atoms with E-state index in [0.29, 0.717) is 5.56 Å². The highest BCUT2D eigenvalue weighted by Gasteiger charge is 2.26. The van der Waals surface area contributed by atoms with Gasteiger partial charge in [0.1, 0.15) is 5.82 Å². The summed E-state index contributed by atoms with van der Waals surface area (Å²) in [5, 5.41) is 10.9. The highest BCUT2D eigenvalue weighted by molar-refractivity contribution is 5.47. The molecule has 21 heavy (non-hydrogen) atoms. The van der Waals surface area contributed by atoms with E-state index in [1.165, 1.54) is 0 Å². The number of benzene rings is 1. The average molecular weight is 289 g/mol. The van der Waals surface area contributed by atoms with E-state index in [1.807, 2.05) is 19.1 Å². The number of nitro groups is 1. The monoisotopic (exact) mass is 289 g/mol. The van der Waals surface area contributed by atoms with Crippen LogP contribution in [0.1, 0.15) is 22.6 Å². The summed E-state index contributed by atoms with van der Waals surface area (Å²) in [6.07, 6.45) is 0. The lowest BCUT2D eigenvalue weighted by molar-refractivity contribution is -0.481. The zero-order chi connectivity index (χ0) is 15.6. The molecule has 2 aromatic rings. The number of H-pyrrole nitrogens is 1. The lowest BCUT2D eigenvalue weighted by Gasteiger charge is -2.15. The standard InChI is InChI=1S/C13H15N5O3/c1-7-2-4-8(5-3-7)9(6-18(20)21)10-11(14)16-13(15)17-12(10)19/h2-5,9H,6H2,1H3,(H5,14,15,16,17,19). The number of nitrogens with two attached hydrogens (primary N) is 2. The second kappa shape index (κ2) is 5.61. The van der Waals surface area contributed by atoms with Crippen molar-refractivity contribution in [1.29, 1.82) is 0 Å². The van der Waals surface area contributed by atoms with Crippen LogP contribution in [0.3, 0.4) is 0 Å². The molecule has 1 unspecified atom stereocenters. The van der Waals surface area contributed by atoms with Gasteiger partial charge in [-0.25, -0.2) is 0 Å². The van der Waals surface area contributed by atoms with Crippen molar-refractivity contribution < 1.29 is 4.92 Å². The van der Waals surface area contributed by atoms with Crippen LogP contribution >= 0.6 is 0 Å². The number of hydrogen-bond donors (Lipinski definition) is 3. The van der Waals surface area contributed by atoms with Crippen LogP contribution in [-0.2, 0) is 0 Å². The molecule has 1 aromatic carbocycles. The maximum Gasteiger partial charge on any atom is 0.258 e. The third-order valence-corrected chi connectivity index (χ3v) is 3.16. The van der Waals surface area contributed by atoms with E-state index in [0.717, 1.165) is 5.56 Å². The number of anilines is 2. The quantitative estimate of drug-likeness (QED) is 0.557. The fourth-order valence-electron chi connectivity index (χ4n) is 2.17. The molecule has 0 aliphatic heterocycles. The number of hydrogen-bond acceptors (Lipinski definition) is 6. The van der Waals surface area contributed by atoms with Gasteiger partial charge in [0.25, 0.3) is 5.56 Å². The zero-order valence-electron chi connectivity index (χ0n) is 11.4. The summed E-state index contributed by atoms with van der Waals surface area (Å²) in [5.41, 5.74) is 12.3. The maximum atomic E-state index is 12.0. The number of nitrogen functional groups attached to an aromatic ring is 2. The summed E-state index contributed by atoms with van der Waals surface area (Å²) < 4.78 is 0. The first-order valence-electron chi connectivity index (χ1n) is 6.22. The molecule has 8 heteroatoms. The Hall–Kier alpha value is -2.90. The molecule has 110 valence electrons. The third kappa shape index (κ3) is 3.16. The first-order chi connectivity index (χ1) is 9.88. The molecule has 2 rings (SSSR count). The largest absolute Gasteiger partial charge is 0.383 e. The van der Waals surface area contributed by atoms with E-state index >= 15 is 0 Å². The number of aromatic nitrogens is 2. The summed E-state index contributed by atoms with van der Waals surface area (Å²) in [5.74, 6) is -0.994. The van der Waals surface area contributed by atoms with E-state index in [4.69, 9.17) is 11.5 Å². The van der Waals surface area contributed by atoms with Crippen LogP contribution in [0.5, 0.6) is 0 Å². The lowest BCUT2D eigenvalue weighted by Crippen LogP contribution is -2.26. The Morgan fingerprint density at radius 1 is 1.33 bits per heavy atom. The second-order valence-electron chi connectivity index (χ2n) is 4.73. The molecule has 0 saturated carbocycles. The molecule has 0 saturated heterocycles. The van der Waals surface area contributed by atoms with Crippen molar-refractivity contribution in [2.45, 2.75) is 12.8 Å². The van der Waals surface area contributed by atoms with Crippen LogP contribution in [0.2, 0.25) is 0 Å². The molecule has 1 heterocycles. The molecule has 0 amide bonds. The number of nitrogens with one attached hydrogen (secondary N) is 1. The summed E-state index contributed by atoms with van der Waals surface area (Å²) in [4.78, 5) is 28.6. The Bertz CT molecular complexity index is 724. The number of aryl methyl sites for hydroxylation is 1. The minimum atomic E-state index is -0.780. The average Bonchev–Trinajstić information content (AvgIpc) is 2.37.